The molecule has 1 saturated heterocycles. The van der Waals surface area contributed by atoms with E-state index in [1.807, 2.05) is 11.7 Å². The van der Waals surface area contributed by atoms with Crippen LogP contribution in [0.3, 0.4) is 0 Å². The Bertz CT molecular complexity index is 375. The lowest BCUT2D eigenvalue weighted by molar-refractivity contribution is 0.108. The van der Waals surface area contributed by atoms with Gasteiger partial charge in [-0.15, -0.1) is 0 Å². The lowest BCUT2D eigenvalue weighted by Crippen LogP contribution is -2.57. The van der Waals surface area contributed by atoms with Gasteiger partial charge in [-0.25, -0.2) is 4.98 Å². The smallest absolute Gasteiger partial charge is 0.140 e. The maximum absolute atomic E-state index is 4.32. The summed E-state index contributed by atoms with van der Waals surface area (Å²) in [6, 6.07) is 1.15. The normalized spacial score (nSPS) is 27.3. The van der Waals surface area contributed by atoms with Gasteiger partial charge in [0.05, 0.1) is 6.54 Å². The maximum atomic E-state index is 4.32. The topological polar surface area (TPSA) is 46.0 Å². The van der Waals surface area contributed by atoms with Gasteiger partial charge in [0.2, 0.25) is 0 Å². The minimum Gasteiger partial charge on any atom is -0.311 e. The fraction of sp³-hybridized carbons (Fsp3) is 0.846. The number of aromatic nitrogens is 3. The van der Waals surface area contributed by atoms with Gasteiger partial charge < -0.3 is 5.32 Å². The van der Waals surface area contributed by atoms with Gasteiger partial charge in [-0.05, 0) is 12.8 Å². The summed E-state index contributed by atoms with van der Waals surface area (Å²) in [4.78, 5) is 6.84. The molecule has 1 aliphatic rings. The van der Waals surface area contributed by atoms with E-state index in [-0.39, 0.29) is 0 Å². The Hall–Kier alpha value is -0.940. The Labute approximate surface area is 110 Å². The summed E-state index contributed by atoms with van der Waals surface area (Å²) in [6.07, 6.45) is 2.86. The van der Waals surface area contributed by atoms with Crippen LogP contribution >= 0.6 is 0 Å². The van der Waals surface area contributed by atoms with Crippen LogP contribution in [0.5, 0.6) is 0 Å². The molecule has 18 heavy (non-hydrogen) atoms. The van der Waals surface area contributed by atoms with E-state index >= 15 is 0 Å². The monoisotopic (exact) mass is 251 g/mol. The zero-order valence-corrected chi connectivity index (χ0v) is 11.9. The van der Waals surface area contributed by atoms with E-state index < -0.39 is 0 Å². The van der Waals surface area contributed by atoms with Crippen molar-refractivity contribution in [1.82, 2.24) is 25.0 Å². The third-order valence-electron chi connectivity index (χ3n) is 4.21. The molecule has 1 aliphatic heterocycles. The van der Waals surface area contributed by atoms with Crippen molar-refractivity contribution in [2.45, 2.75) is 45.8 Å². The minimum atomic E-state index is 0.557. The predicted octanol–water partition coefficient (Wildman–Crippen LogP) is 1.02. The first-order valence-electron chi connectivity index (χ1n) is 6.92. The zero-order valence-electron chi connectivity index (χ0n) is 11.9. The molecule has 3 unspecified atom stereocenters. The molecule has 0 aliphatic carbocycles. The van der Waals surface area contributed by atoms with Crippen molar-refractivity contribution in [2.75, 3.05) is 13.1 Å². The summed E-state index contributed by atoms with van der Waals surface area (Å²) < 4.78 is 1.87. The summed E-state index contributed by atoms with van der Waals surface area (Å²) in [5.41, 5.74) is 0. The van der Waals surface area contributed by atoms with Gasteiger partial charge in [-0.1, -0.05) is 20.3 Å². The Kier molecular flexibility index (Phi) is 4.35. The second-order valence-corrected chi connectivity index (χ2v) is 5.48. The van der Waals surface area contributed by atoms with Crippen LogP contribution in [0.4, 0.5) is 0 Å². The van der Waals surface area contributed by atoms with Crippen molar-refractivity contribution in [2.24, 2.45) is 13.0 Å². The first kappa shape index (κ1) is 13.5. The summed E-state index contributed by atoms with van der Waals surface area (Å²) in [5, 5.41) is 7.80. The molecule has 2 heterocycles. The van der Waals surface area contributed by atoms with Crippen LogP contribution < -0.4 is 5.32 Å². The Morgan fingerprint density at radius 2 is 2.33 bits per heavy atom. The van der Waals surface area contributed by atoms with Crippen molar-refractivity contribution < 1.29 is 0 Å². The zero-order chi connectivity index (χ0) is 13.1. The van der Waals surface area contributed by atoms with Crippen LogP contribution in [0.25, 0.3) is 0 Å². The number of aryl methyl sites for hydroxylation is 1. The molecule has 5 heteroatoms. The molecule has 0 radical (unpaired) electrons. The third kappa shape index (κ3) is 2.90. The largest absolute Gasteiger partial charge is 0.311 e. The second-order valence-electron chi connectivity index (χ2n) is 5.48. The van der Waals surface area contributed by atoms with E-state index in [1.165, 1.54) is 6.42 Å². The van der Waals surface area contributed by atoms with E-state index in [4.69, 9.17) is 0 Å². The van der Waals surface area contributed by atoms with Gasteiger partial charge >= 0.3 is 0 Å². The van der Waals surface area contributed by atoms with E-state index in [2.05, 4.69) is 41.1 Å². The van der Waals surface area contributed by atoms with E-state index in [1.54, 1.807) is 6.33 Å². The average Bonchev–Trinajstić information content (AvgIpc) is 2.77. The molecule has 1 fully saturated rings. The molecule has 0 saturated carbocycles. The number of piperazine rings is 1. The molecule has 2 rings (SSSR count). The van der Waals surface area contributed by atoms with Crippen molar-refractivity contribution in [1.29, 1.82) is 0 Å². The first-order chi connectivity index (χ1) is 8.61. The minimum absolute atomic E-state index is 0.557. The summed E-state index contributed by atoms with van der Waals surface area (Å²) in [7, 11) is 1.96. The van der Waals surface area contributed by atoms with Crippen molar-refractivity contribution in [3.05, 3.63) is 12.2 Å². The molecular formula is C13H25N5. The highest BCUT2D eigenvalue weighted by atomic mass is 15.3. The molecule has 5 nitrogen and oxygen atoms in total. The Balaban J connectivity index is 2.00. The fourth-order valence-corrected chi connectivity index (χ4v) is 2.48. The van der Waals surface area contributed by atoms with Crippen molar-refractivity contribution >= 4 is 0 Å². The molecule has 0 bridgehead atoms. The summed E-state index contributed by atoms with van der Waals surface area (Å²) in [5.74, 6) is 1.77. The first-order valence-corrected chi connectivity index (χ1v) is 6.92. The SMILES string of the molecule is CCC(C)C1CN(Cc2ncnn2C)C(C)CN1. The number of hydrogen-bond acceptors (Lipinski definition) is 4. The van der Waals surface area contributed by atoms with Crippen LogP contribution in [0.15, 0.2) is 6.33 Å². The fourth-order valence-electron chi connectivity index (χ4n) is 2.48. The van der Waals surface area contributed by atoms with Gasteiger partial charge in [-0.2, -0.15) is 5.10 Å². The lowest BCUT2D eigenvalue weighted by atomic mass is 9.96. The third-order valence-corrected chi connectivity index (χ3v) is 4.21. The van der Waals surface area contributed by atoms with Gasteiger partial charge in [0.15, 0.2) is 0 Å². The molecule has 0 amide bonds. The highest BCUT2D eigenvalue weighted by molar-refractivity contribution is 4.91. The van der Waals surface area contributed by atoms with Crippen LogP contribution in [0.1, 0.15) is 33.0 Å². The van der Waals surface area contributed by atoms with Gasteiger partial charge in [0, 0.05) is 32.2 Å². The van der Waals surface area contributed by atoms with Gasteiger partial charge in [-0.3, -0.25) is 9.58 Å². The van der Waals surface area contributed by atoms with E-state index in [9.17, 15) is 0 Å². The van der Waals surface area contributed by atoms with E-state index in [0.717, 1.165) is 31.4 Å². The van der Waals surface area contributed by atoms with Crippen molar-refractivity contribution in [3.8, 4) is 0 Å². The highest BCUT2D eigenvalue weighted by Crippen LogP contribution is 2.17. The lowest BCUT2D eigenvalue weighted by Gasteiger charge is -2.40. The summed E-state index contributed by atoms with van der Waals surface area (Å²) in [6.45, 7) is 9.92. The molecule has 0 aromatic carbocycles. The molecule has 3 atom stereocenters. The van der Waals surface area contributed by atoms with Crippen LogP contribution in [-0.2, 0) is 13.6 Å². The van der Waals surface area contributed by atoms with Crippen molar-refractivity contribution in [3.63, 3.8) is 0 Å². The standard InChI is InChI=1S/C13H25N5/c1-5-10(2)12-7-18(11(3)6-14-12)8-13-15-9-16-17(13)4/h9-12,14H,5-8H2,1-4H3. The number of nitrogens with one attached hydrogen (secondary N) is 1. The maximum Gasteiger partial charge on any atom is 0.140 e. The van der Waals surface area contributed by atoms with E-state index in [0.29, 0.717) is 12.1 Å². The molecule has 1 aromatic rings. The Morgan fingerprint density at radius 3 is 2.94 bits per heavy atom. The summed E-state index contributed by atoms with van der Waals surface area (Å²) >= 11 is 0. The van der Waals surface area contributed by atoms with Crippen LogP contribution in [0, 0.1) is 5.92 Å². The molecule has 102 valence electrons. The second kappa shape index (κ2) is 5.80. The number of hydrogen-bond donors (Lipinski definition) is 1. The molecule has 1 aromatic heterocycles. The predicted molar refractivity (Wildman–Crippen MR) is 72.1 cm³/mol. The number of rotatable bonds is 4. The van der Waals surface area contributed by atoms with Gasteiger partial charge in [0.25, 0.3) is 0 Å². The molecule has 1 N–H and O–H groups in total. The number of nitrogens with zero attached hydrogens (tertiary/aromatic N) is 4. The van der Waals surface area contributed by atoms with Gasteiger partial charge in [0.1, 0.15) is 12.2 Å². The Morgan fingerprint density at radius 1 is 1.56 bits per heavy atom. The molecule has 0 spiro atoms. The molecular weight excluding hydrogens is 226 g/mol. The quantitative estimate of drug-likeness (QED) is 0.868. The van der Waals surface area contributed by atoms with Crippen LogP contribution in [-0.4, -0.2) is 44.8 Å². The van der Waals surface area contributed by atoms with Crippen LogP contribution in [0.2, 0.25) is 0 Å². The highest BCUT2D eigenvalue weighted by Gasteiger charge is 2.28. The average molecular weight is 251 g/mol.